The number of carbonyl (C=O) groups excluding carboxylic acids is 1. The molecular formula is C11H18O3. The van der Waals surface area contributed by atoms with E-state index in [9.17, 15) is 4.79 Å². The van der Waals surface area contributed by atoms with Crippen molar-refractivity contribution in [2.45, 2.75) is 32.1 Å². The first kappa shape index (κ1) is 11.2. The van der Waals surface area contributed by atoms with Crippen molar-refractivity contribution in [1.29, 1.82) is 0 Å². The minimum atomic E-state index is -0.151. The van der Waals surface area contributed by atoms with Crippen molar-refractivity contribution in [2.75, 3.05) is 13.7 Å². The molecule has 0 aromatic heterocycles. The zero-order valence-corrected chi connectivity index (χ0v) is 8.66. The van der Waals surface area contributed by atoms with Crippen LogP contribution in [0, 0.1) is 5.41 Å². The average Bonchev–Trinajstić information content (AvgIpc) is 2.98. The van der Waals surface area contributed by atoms with Gasteiger partial charge < -0.3 is 9.84 Å². The number of allylic oxidation sites excluding steroid dienone is 1. The first-order valence-electron chi connectivity index (χ1n) is 5.08. The summed E-state index contributed by atoms with van der Waals surface area (Å²) in [6, 6.07) is 0. The highest BCUT2D eigenvalue weighted by atomic mass is 16.5. The lowest BCUT2D eigenvalue weighted by molar-refractivity contribution is -0.140. The van der Waals surface area contributed by atoms with Gasteiger partial charge in [-0.1, -0.05) is 12.2 Å². The second kappa shape index (κ2) is 5.15. The minimum Gasteiger partial charge on any atom is -0.469 e. The zero-order chi connectivity index (χ0) is 10.4. The average molecular weight is 198 g/mol. The largest absolute Gasteiger partial charge is 0.469 e. The lowest BCUT2D eigenvalue weighted by Crippen LogP contribution is -2.01. The topological polar surface area (TPSA) is 46.5 Å². The molecule has 0 saturated heterocycles. The molecule has 0 aromatic rings. The molecule has 1 N–H and O–H groups in total. The van der Waals surface area contributed by atoms with E-state index in [4.69, 9.17) is 5.11 Å². The maximum atomic E-state index is 10.8. The molecule has 80 valence electrons. The van der Waals surface area contributed by atoms with Gasteiger partial charge in [0.1, 0.15) is 0 Å². The number of hydrogen-bond donors (Lipinski definition) is 1. The maximum absolute atomic E-state index is 10.8. The van der Waals surface area contributed by atoms with Crippen LogP contribution in [-0.4, -0.2) is 24.8 Å². The predicted molar refractivity (Wildman–Crippen MR) is 53.8 cm³/mol. The number of ether oxygens (including phenoxy) is 1. The van der Waals surface area contributed by atoms with Crippen molar-refractivity contribution >= 4 is 5.97 Å². The van der Waals surface area contributed by atoms with Crippen molar-refractivity contribution in [3.63, 3.8) is 0 Å². The Morgan fingerprint density at radius 1 is 1.57 bits per heavy atom. The summed E-state index contributed by atoms with van der Waals surface area (Å²) >= 11 is 0. The number of esters is 1. The number of rotatable bonds is 6. The quantitative estimate of drug-likeness (QED) is 0.401. The van der Waals surface area contributed by atoms with E-state index >= 15 is 0 Å². The minimum absolute atomic E-state index is 0.0886. The van der Waals surface area contributed by atoms with E-state index in [0.29, 0.717) is 6.42 Å². The number of hydrogen-bond acceptors (Lipinski definition) is 3. The fraction of sp³-hybridized carbons (Fsp3) is 0.727. The molecule has 0 spiro atoms. The van der Waals surface area contributed by atoms with Gasteiger partial charge >= 0.3 is 5.97 Å². The normalized spacial score (nSPS) is 18.4. The van der Waals surface area contributed by atoms with Crippen molar-refractivity contribution < 1.29 is 14.6 Å². The highest BCUT2D eigenvalue weighted by Gasteiger charge is 2.38. The molecule has 0 aliphatic heterocycles. The first-order valence-corrected chi connectivity index (χ1v) is 5.08. The van der Waals surface area contributed by atoms with E-state index in [1.54, 1.807) is 0 Å². The van der Waals surface area contributed by atoms with Crippen LogP contribution in [0.5, 0.6) is 0 Å². The highest BCUT2D eigenvalue weighted by molar-refractivity contribution is 5.69. The van der Waals surface area contributed by atoms with Gasteiger partial charge in [0.25, 0.3) is 0 Å². The van der Waals surface area contributed by atoms with Crippen molar-refractivity contribution in [2.24, 2.45) is 5.41 Å². The molecule has 1 fully saturated rings. The van der Waals surface area contributed by atoms with Crippen LogP contribution >= 0.6 is 0 Å². The second-order valence-corrected chi connectivity index (χ2v) is 3.89. The molecule has 3 nitrogen and oxygen atoms in total. The summed E-state index contributed by atoms with van der Waals surface area (Å²) in [7, 11) is 1.41. The van der Waals surface area contributed by atoms with Gasteiger partial charge in [0.05, 0.1) is 13.7 Å². The Kier molecular flexibility index (Phi) is 4.14. The summed E-state index contributed by atoms with van der Waals surface area (Å²) in [5.74, 6) is -0.151. The van der Waals surface area contributed by atoms with Crippen LogP contribution in [0.15, 0.2) is 12.2 Å². The van der Waals surface area contributed by atoms with E-state index in [1.165, 1.54) is 7.11 Å². The van der Waals surface area contributed by atoms with Crippen LogP contribution in [-0.2, 0) is 9.53 Å². The number of unbranched alkanes of at least 4 members (excludes halogenated alkanes) is 1. The lowest BCUT2D eigenvalue weighted by Gasteiger charge is -2.02. The SMILES string of the molecule is COC(=O)CCC/C=C\C1(CO)CC1. The zero-order valence-electron chi connectivity index (χ0n) is 8.66. The van der Waals surface area contributed by atoms with E-state index in [1.807, 2.05) is 0 Å². The fourth-order valence-electron chi connectivity index (χ4n) is 1.34. The molecule has 0 atom stereocenters. The Balaban J connectivity index is 2.06. The molecule has 0 amide bonds. The number of aliphatic hydroxyl groups excluding tert-OH is 1. The molecule has 0 bridgehead atoms. The van der Waals surface area contributed by atoms with Gasteiger partial charge in [0.2, 0.25) is 0 Å². The molecular weight excluding hydrogens is 180 g/mol. The fourth-order valence-corrected chi connectivity index (χ4v) is 1.34. The van der Waals surface area contributed by atoms with Gasteiger partial charge in [-0.15, -0.1) is 0 Å². The predicted octanol–water partition coefficient (Wildman–Crippen LogP) is 1.66. The molecule has 3 heteroatoms. The summed E-state index contributed by atoms with van der Waals surface area (Å²) in [4.78, 5) is 10.8. The third kappa shape index (κ3) is 3.50. The van der Waals surface area contributed by atoms with E-state index < -0.39 is 0 Å². The van der Waals surface area contributed by atoms with Crippen molar-refractivity contribution in [3.05, 3.63) is 12.2 Å². The van der Waals surface area contributed by atoms with Gasteiger partial charge in [0, 0.05) is 11.8 Å². The Hall–Kier alpha value is -0.830. The monoisotopic (exact) mass is 198 g/mol. The third-order valence-electron chi connectivity index (χ3n) is 2.66. The van der Waals surface area contributed by atoms with E-state index in [2.05, 4.69) is 16.9 Å². The van der Waals surface area contributed by atoms with Crippen LogP contribution in [0.2, 0.25) is 0 Å². The molecule has 14 heavy (non-hydrogen) atoms. The summed E-state index contributed by atoms with van der Waals surface area (Å²) in [5.41, 5.74) is 0.0886. The number of aliphatic hydroxyl groups is 1. The summed E-state index contributed by atoms with van der Waals surface area (Å²) in [5, 5.41) is 9.01. The van der Waals surface area contributed by atoms with Gasteiger partial charge in [-0.05, 0) is 25.7 Å². The molecule has 0 unspecified atom stereocenters. The first-order chi connectivity index (χ1) is 6.72. The summed E-state index contributed by atoms with van der Waals surface area (Å²) in [6.07, 6.45) is 8.53. The Labute approximate surface area is 84.8 Å². The van der Waals surface area contributed by atoms with Crippen LogP contribution in [0.25, 0.3) is 0 Å². The molecule has 0 heterocycles. The van der Waals surface area contributed by atoms with Crippen LogP contribution in [0.3, 0.4) is 0 Å². The van der Waals surface area contributed by atoms with Crippen LogP contribution in [0.1, 0.15) is 32.1 Å². The second-order valence-electron chi connectivity index (χ2n) is 3.89. The van der Waals surface area contributed by atoms with Crippen molar-refractivity contribution in [3.8, 4) is 0 Å². The number of methoxy groups -OCH3 is 1. The smallest absolute Gasteiger partial charge is 0.305 e. The van der Waals surface area contributed by atoms with Gasteiger partial charge in [-0.25, -0.2) is 0 Å². The molecule has 0 aromatic carbocycles. The molecule has 1 aliphatic rings. The lowest BCUT2D eigenvalue weighted by atomic mass is 10.1. The van der Waals surface area contributed by atoms with E-state index in [0.717, 1.165) is 25.7 Å². The number of carbonyl (C=O) groups is 1. The van der Waals surface area contributed by atoms with E-state index in [-0.39, 0.29) is 18.0 Å². The molecule has 1 aliphatic carbocycles. The Bertz CT molecular complexity index is 217. The van der Waals surface area contributed by atoms with Crippen LogP contribution < -0.4 is 0 Å². The molecule has 1 rings (SSSR count). The Morgan fingerprint density at radius 3 is 2.79 bits per heavy atom. The van der Waals surface area contributed by atoms with Crippen molar-refractivity contribution in [1.82, 2.24) is 0 Å². The molecule has 1 saturated carbocycles. The highest BCUT2D eigenvalue weighted by Crippen LogP contribution is 2.46. The van der Waals surface area contributed by atoms with Gasteiger partial charge in [-0.2, -0.15) is 0 Å². The van der Waals surface area contributed by atoms with Gasteiger partial charge in [-0.3, -0.25) is 4.79 Å². The summed E-state index contributed by atoms with van der Waals surface area (Å²) in [6.45, 7) is 0.250. The third-order valence-corrected chi connectivity index (χ3v) is 2.66. The maximum Gasteiger partial charge on any atom is 0.305 e. The van der Waals surface area contributed by atoms with Gasteiger partial charge in [0.15, 0.2) is 0 Å². The standard InChI is InChI=1S/C11H18O3/c1-14-10(13)5-3-2-4-6-11(9-12)7-8-11/h4,6,12H,2-3,5,7-9H2,1H3/b6-4-. The Morgan fingerprint density at radius 2 is 2.29 bits per heavy atom. The summed E-state index contributed by atoms with van der Waals surface area (Å²) < 4.78 is 4.53. The van der Waals surface area contributed by atoms with Crippen LogP contribution in [0.4, 0.5) is 0 Å². The molecule has 0 radical (unpaired) electrons.